The molecule has 0 unspecified atom stereocenters. The molecule has 0 aliphatic carbocycles. The smallest absolute Gasteiger partial charge is 0.238 e. The molecule has 5 nitrogen and oxygen atoms in total. The van der Waals surface area contributed by atoms with Crippen molar-refractivity contribution < 1.29 is 13.2 Å². The minimum atomic E-state index is -3.36. The summed E-state index contributed by atoms with van der Waals surface area (Å²) in [5.74, 6) is -0.172. The maximum atomic E-state index is 12.2. The third kappa shape index (κ3) is 6.27. The zero-order valence-electron chi connectivity index (χ0n) is 12.9. The number of nitrogens with one attached hydrogen (secondary N) is 1. The van der Waals surface area contributed by atoms with E-state index in [1.54, 1.807) is 11.8 Å². The van der Waals surface area contributed by atoms with E-state index in [0.29, 0.717) is 13.0 Å². The lowest BCUT2D eigenvalue weighted by Gasteiger charge is -2.27. The van der Waals surface area contributed by atoms with Gasteiger partial charge in [0.05, 0.1) is 12.3 Å². The van der Waals surface area contributed by atoms with Crippen LogP contribution in [0.4, 0.5) is 0 Å². The average Bonchev–Trinajstić information content (AvgIpc) is 2.43. The largest absolute Gasteiger partial charge is 0.335 e. The van der Waals surface area contributed by atoms with E-state index in [9.17, 15) is 13.2 Å². The molecular formula is C15H24N2O3S. The molecule has 21 heavy (non-hydrogen) atoms. The van der Waals surface area contributed by atoms with Crippen LogP contribution in [0.1, 0.15) is 32.8 Å². The molecule has 0 atom stereocenters. The van der Waals surface area contributed by atoms with Gasteiger partial charge in [-0.15, -0.1) is 0 Å². The topological polar surface area (TPSA) is 66.5 Å². The molecule has 118 valence electrons. The van der Waals surface area contributed by atoms with Crippen LogP contribution in [0, 0.1) is 0 Å². The van der Waals surface area contributed by atoms with Crippen molar-refractivity contribution in [1.29, 1.82) is 0 Å². The second kappa shape index (κ2) is 8.14. The monoisotopic (exact) mass is 312 g/mol. The lowest BCUT2D eigenvalue weighted by atomic mass is 10.2. The van der Waals surface area contributed by atoms with E-state index in [1.807, 2.05) is 44.2 Å². The Morgan fingerprint density at radius 3 is 2.38 bits per heavy atom. The van der Waals surface area contributed by atoms with Crippen LogP contribution in [0.15, 0.2) is 30.3 Å². The van der Waals surface area contributed by atoms with Crippen molar-refractivity contribution in [2.45, 2.75) is 39.8 Å². The van der Waals surface area contributed by atoms with E-state index in [1.165, 1.54) is 0 Å². The highest BCUT2D eigenvalue weighted by Gasteiger charge is 2.19. The summed E-state index contributed by atoms with van der Waals surface area (Å²) >= 11 is 0. The summed E-state index contributed by atoms with van der Waals surface area (Å²) in [6.45, 7) is 5.92. The number of carbonyl (C=O) groups excluding carboxylic acids is 1. The number of amides is 1. The fourth-order valence-corrected chi connectivity index (χ4v) is 2.98. The molecule has 0 saturated heterocycles. The highest BCUT2D eigenvalue weighted by molar-refractivity contribution is 7.89. The van der Waals surface area contributed by atoms with E-state index in [-0.39, 0.29) is 24.2 Å². The number of hydrogen-bond donors (Lipinski definition) is 1. The molecular weight excluding hydrogens is 288 g/mol. The maximum Gasteiger partial charge on any atom is 0.238 e. The van der Waals surface area contributed by atoms with Gasteiger partial charge in [-0.1, -0.05) is 37.3 Å². The van der Waals surface area contributed by atoms with Gasteiger partial charge in [0.2, 0.25) is 15.9 Å². The third-order valence-electron chi connectivity index (χ3n) is 3.06. The summed E-state index contributed by atoms with van der Waals surface area (Å²) in [7, 11) is -3.36. The van der Waals surface area contributed by atoms with Gasteiger partial charge in [-0.05, 0) is 25.8 Å². The van der Waals surface area contributed by atoms with E-state index in [4.69, 9.17) is 0 Å². The number of carbonyl (C=O) groups is 1. The molecule has 0 spiro atoms. The average molecular weight is 312 g/mol. The molecule has 0 aliphatic heterocycles. The first-order chi connectivity index (χ1) is 9.85. The zero-order chi connectivity index (χ0) is 15.9. The van der Waals surface area contributed by atoms with Gasteiger partial charge in [-0.3, -0.25) is 4.79 Å². The molecule has 0 radical (unpaired) electrons. The number of benzene rings is 1. The predicted octanol–water partition coefficient (Wildman–Crippen LogP) is 1.75. The summed E-state index contributed by atoms with van der Waals surface area (Å²) in [6.07, 6.45) is 0.529. The molecule has 6 heteroatoms. The van der Waals surface area contributed by atoms with E-state index in [2.05, 4.69) is 4.72 Å². The number of hydrogen-bond acceptors (Lipinski definition) is 3. The van der Waals surface area contributed by atoms with Crippen molar-refractivity contribution in [3.63, 3.8) is 0 Å². The second-order valence-corrected chi connectivity index (χ2v) is 7.17. The fraction of sp³-hybridized carbons (Fsp3) is 0.533. The van der Waals surface area contributed by atoms with Gasteiger partial charge in [0.15, 0.2) is 0 Å². The molecule has 0 aromatic heterocycles. The number of sulfonamides is 1. The molecule has 1 N–H and O–H groups in total. The van der Waals surface area contributed by atoms with Crippen molar-refractivity contribution >= 4 is 15.9 Å². The van der Waals surface area contributed by atoms with Gasteiger partial charge in [0.1, 0.15) is 0 Å². The van der Waals surface area contributed by atoms with Gasteiger partial charge in [0.25, 0.3) is 0 Å². The first kappa shape index (κ1) is 17.7. The number of rotatable bonds is 8. The Bertz CT molecular complexity index is 541. The molecule has 0 bridgehead atoms. The zero-order valence-corrected chi connectivity index (χ0v) is 13.7. The Morgan fingerprint density at radius 2 is 1.86 bits per heavy atom. The minimum absolute atomic E-state index is 0.00776. The molecule has 1 rings (SSSR count). The molecule has 0 aliphatic rings. The van der Waals surface area contributed by atoms with Crippen LogP contribution in [0.5, 0.6) is 0 Å². The van der Waals surface area contributed by atoms with E-state index in [0.717, 1.165) is 5.56 Å². The van der Waals surface area contributed by atoms with Gasteiger partial charge < -0.3 is 4.90 Å². The molecule has 0 fully saturated rings. The van der Waals surface area contributed by atoms with Crippen molar-refractivity contribution in [1.82, 2.24) is 9.62 Å². The summed E-state index contributed by atoms with van der Waals surface area (Å²) in [4.78, 5) is 13.9. The fourth-order valence-electron chi connectivity index (χ4n) is 1.95. The Balaban J connectivity index is 2.66. The first-order valence-corrected chi connectivity index (χ1v) is 8.81. The van der Waals surface area contributed by atoms with Crippen LogP contribution in [0.25, 0.3) is 0 Å². The maximum absolute atomic E-state index is 12.2. The van der Waals surface area contributed by atoms with Crippen LogP contribution < -0.4 is 4.72 Å². The van der Waals surface area contributed by atoms with Crippen LogP contribution >= 0.6 is 0 Å². The Hall–Kier alpha value is -1.40. The lowest BCUT2D eigenvalue weighted by Crippen LogP contribution is -2.43. The van der Waals surface area contributed by atoms with Crippen molar-refractivity contribution in [3.8, 4) is 0 Å². The number of nitrogens with zero attached hydrogens (tertiary/aromatic N) is 1. The minimum Gasteiger partial charge on any atom is -0.335 e. The molecule has 1 aromatic rings. The Kier molecular flexibility index (Phi) is 6.84. The predicted molar refractivity (Wildman–Crippen MR) is 84.2 cm³/mol. The highest BCUT2D eigenvalue weighted by atomic mass is 32.2. The van der Waals surface area contributed by atoms with Crippen molar-refractivity contribution in [3.05, 3.63) is 35.9 Å². The summed E-state index contributed by atoms with van der Waals surface area (Å²) in [5.41, 5.74) is 1.02. The highest BCUT2D eigenvalue weighted by Crippen LogP contribution is 2.08. The van der Waals surface area contributed by atoms with Crippen LogP contribution in [-0.2, 0) is 21.4 Å². The second-order valence-electron chi connectivity index (χ2n) is 5.24. The van der Waals surface area contributed by atoms with E-state index < -0.39 is 10.0 Å². The Labute approximate surface area is 127 Å². The van der Waals surface area contributed by atoms with Gasteiger partial charge in [0, 0.05) is 12.6 Å². The van der Waals surface area contributed by atoms with Crippen LogP contribution in [-0.4, -0.2) is 37.6 Å². The van der Waals surface area contributed by atoms with Gasteiger partial charge >= 0.3 is 0 Å². The summed E-state index contributed by atoms with van der Waals surface area (Å²) < 4.78 is 25.6. The lowest BCUT2D eigenvalue weighted by molar-refractivity contribution is -0.132. The van der Waals surface area contributed by atoms with Gasteiger partial charge in [-0.25, -0.2) is 13.1 Å². The summed E-state index contributed by atoms with van der Waals surface area (Å²) in [6, 6.07) is 9.66. The van der Waals surface area contributed by atoms with Crippen LogP contribution in [0.3, 0.4) is 0 Å². The quantitative estimate of drug-likeness (QED) is 0.795. The third-order valence-corrected chi connectivity index (χ3v) is 4.59. The molecule has 0 heterocycles. The standard InChI is InChI=1S/C15H24N2O3S/c1-4-10-21(19,20)16-11-15(18)17(13(2)3)12-14-8-6-5-7-9-14/h5-9,13,16H,4,10-12H2,1-3H3. The van der Waals surface area contributed by atoms with E-state index >= 15 is 0 Å². The van der Waals surface area contributed by atoms with Crippen molar-refractivity contribution in [2.24, 2.45) is 0 Å². The SMILES string of the molecule is CCCS(=O)(=O)NCC(=O)N(Cc1ccccc1)C(C)C. The molecule has 1 amide bonds. The van der Waals surface area contributed by atoms with Crippen LogP contribution in [0.2, 0.25) is 0 Å². The van der Waals surface area contributed by atoms with Gasteiger partial charge in [-0.2, -0.15) is 0 Å². The first-order valence-electron chi connectivity index (χ1n) is 7.16. The molecule has 0 saturated carbocycles. The summed E-state index contributed by atoms with van der Waals surface area (Å²) in [5, 5.41) is 0. The molecule has 1 aromatic carbocycles. The normalized spacial score (nSPS) is 11.6. The van der Waals surface area contributed by atoms with Crippen molar-refractivity contribution in [2.75, 3.05) is 12.3 Å². The Morgan fingerprint density at radius 1 is 1.24 bits per heavy atom.